The molecule has 3 rings (SSSR count). The summed E-state index contributed by atoms with van der Waals surface area (Å²) >= 11 is 0. The van der Waals surface area contributed by atoms with Crippen molar-refractivity contribution in [2.45, 2.75) is 45.8 Å². The molecule has 2 atom stereocenters. The average molecular weight is 457 g/mol. The number of halogens is 1. The summed E-state index contributed by atoms with van der Waals surface area (Å²) in [5.74, 6) is 0.104. The normalized spacial score (nSPS) is 17.2. The molecule has 0 aliphatic carbocycles. The molecule has 2 aromatic rings. The van der Waals surface area contributed by atoms with Crippen molar-refractivity contribution < 1.29 is 19.0 Å². The summed E-state index contributed by atoms with van der Waals surface area (Å²) in [4.78, 5) is 11.4. The number of nitrogens with zero attached hydrogens (tertiary/aromatic N) is 1. The number of anilines is 1. The second-order valence-electron chi connectivity index (χ2n) is 9.21. The van der Waals surface area contributed by atoms with E-state index in [2.05, 4.69) is 21.2 Å². The van der Waals surface area contributed by atoms with Crippen molar-refractivity contribution in [3.63, 3.8) is 0 Å². The summed E-state index contributed by atoms with van der Waals surface area (Å²) in [6.45, 7) is 8.96. The van der Waals surface area contributed by atoms with Crippen LogP contribution in [0.3, 0.4) is 0 Å². The van der Waals surface area contributed by atoms with Gasteiger partial charge in [0.05, 0.1) is 5.71 Å². The quantitative estimate of drug-likeness (QED) is 0.440. The number of amides is 1. The predicted molar refractivity (Wildman–Crippen MR) is 128 cm³/mol. The van der Waals surface area contributed by atoms with Crippen LogP contribution in [0.2, 0.25) is 0 Å². The SMILES string of the molecule is Cc1ccc(F)cc1OC[C@@H](O)CNC(C)(C)CNc1ccc(C2=NNC(=O)C[C@H]2C)cc1. The Hall–Kier alpha value is -2.97. The Labute approximate surface area is 194 Å². The first-order valence-electron chi connectivity index (χ1n) is 11.2. The van der Waals surface area contributed by atoms with Gasteiger partial charge in [-0.05, 0) is 50.1 Å². The first-order valence-corrected chi connectivity index (χ1v) is 11.2. The first kappa shape index (κ1) is 24.7. The Kier molecular flexibility index (Phi) is 8.05. The second kappa shape index (κ2) is 10.8. The molecule has 1 aliphatic heterocycles. The van der Waals surface area contributed by atoms with Crippen LogP contribution in [0.15, 0.2) is 47.6 Å². The molecule has 0 fully saturated rings. The molecule has 178 valence electrons. The molecule has 4 N–H and O–H groups in total. The number of benzene rings is 2. The van der Waals surface area contributed by atoms with Crippen LogP contribution in [-0.2, 0) is 4.79 Å². The van der Waals surface area contributed by atoms with E-state index in [4.69, 9.17) is 4.74 Å². The summed E-state index contributed by atoms with van der Waals surface area (Å²) in [7, 11) is 0. The molecule has 8 heteroatoms. The van der Waals surface area contributed by atoms with Gasteiger partial charge in [-0.1, -0.05) is 25.1 Å². The molecule has 0 spiro atoms. The Morgan fingerprint density at radius 3 is 2.70 bits per heavy atom. The number of hydrogen-bond acceptors (Lipinski definition) is 6. The number of carbonyl (C=O) groups is 1. The van der Waals surface area contributed by atoms with Gasteiger partial charge in [-0.15, -0.1) is 0 Å². The molecule has 0 saturated carbocycles. The minimum absolute atomic E-state index is 0.0555. The minimum atomic E-state index is -0.732. The maximum absolute atomic E-state index is 13.4. The van der Waals surface area contributed by atoms with Crippen molar-refractivity contribution in [1.29, 1.82) is 0 Å². The summed E-state index contributed by atoms with van der Waals surface area (Å²) < 4.78 is 18.9. The molecule has 0 radical (unpaired) electrons. The number of hydrogen-bond donors (Lipinski definition) is 4. The van der Waals surface area contributed by atoms with Crippen LogP contribution in [0.1, 0.15) is 38.3 Å². The molecule has 0 saturated heterocycles. The van der Waals surface area contributed by atoms with Crippen LogP contribution in [-0.4, -0.2) is 48.1 Å². The van der Waals surface area contributed by atoms with Gasteiger partial charge in [0.15, 0.2) is 0 Å². The standard InChI is InChI=1S/C25H33FN4O3/c1-16-5-8-19(26)12-22(16)33-14-21(31)13-28-25(3,4)15-27-20-9-6-18(7-10-20)24-17(2)11-23(32)29-30-24/h5-10,12,17,21,27-28,31H,11,13-15H2,1-4H3,(H,29,32)/t17-,21+/m1/s1. The van der Waals surface area contributed by atoms with Gasteiger partial charge in [-0.3, -0.25) is 4.79 Å². The van der Waals surface area contributed by atoms with Gasteiger partial charge >= 0.3 is 0 Å². The van der Waals surface area contributed by atoms with E-state index < -0.39 is 6.10 Å². The van der Waals surface area contributed by atoms with Gasteiger partial charge < -0.3 is 20.5 Å². The fourth-order valence-electron chi connectivity index (χ4n) is 3.52. The Bertz CT molecular complexity index is 992. The van der Waals surface area contributed by atoms with Gasteiger partial charge in [-0.2, -0.15) is 5.10 Å². The van der Waals surface area contributed by atoms with Crippen molar-refractivity contribution in [2.24, 2.45) is 11.0 Å². The van der Waals surface area contributed by atoms with Gasteiger partial charge in [0, 0.05) is 42.7 Å². The number of β-amino-alcohol motifs (C(OH)–C–C–N with tert-alkyl or cyclic N) is 1. The molecule has 33 heavy (non-hydrogen) atoms. The Morgan fingerprint density at radius 1 is 1.27 bits per heavy atom. The number of nitrogens with one attached hydrogen (secondary N) is 3. The van der Waals surface area contributed by atoms with E-state index >= 15 is 0 Å². The Balaban J connectivity index is 1.44. The van der Waals surface area contributed by atoms with E-state index in [1.807, 2.05) is 52.0 Å². The molecule has 0 bridgehead atoms. The van der Waals surface area contributed by atoms with Crippen molar-refractivity contribution in [1.82, 2.24) is 10.7 Å². The third-order valence-electron chi connectivity index (χ3n) is 5.57. The Morgan fingerprint density at radius 2 is 2.00 bits per heavy atom. The molecule has 1 heterocycles. The van der Waals surface area contributed by atoms with Gasteiger partial charge in [-0.25, -0.2) is 9.82 Å². The lowest BCUT2D eigenvalue weighted by Gasteiger charge is -2.28. The summed E-state index contributed by atoms with van der Waals surface area (Å²) in [6.07, 6.45) is -0.290. The zero-order valence-electron chi connectivity index (χ0n) is 19.6. The van der Waals surface area contributed by atoms with Crippen LogP contribution in [0.4, 0.5) is 10.1 Å². The van der Waals surface area contributed by atoms with Gasteiger partial charge in [0.25, 0.3) is 0 Å². The van der Waals surface area contributed by atoms with E-state index in [1.54, 1.807) is 6.07 Å². The highest BCUT2D eigenvalue weighted by atomic mass is 19.1. The number of hydrazone groups is 1. The lowest BCUT2D eigenvalue weighted by Crippen LogP contribution is -2.49. The third kappa shape index (κ3) is 7.27. The summed E-state index contributed by atoms with van der Waals surface area (Å²) in [6, 6.07) is 12.3. The summed E-state index contributed by atoms with van der Waals surface area (Å²) in [5, 5.41) is 21.2. The monoisotopic (exact) mass is 456 g/mol. The highest BCUT2D eigenvalue weighted by Crippen LogP contribution is 2.20. The molecule has 1 amide bonds. The van der Waals surface area contributed by atoms with E-state index in [1.165, 1.54) is 12.1 Å². The van der Waals surface area contributed by atoms with Gasteiger partial charge in [0.2, 0.25) is 5.91 Å². The van der Waals surface area contributed by atoms with Crippen LogP contribution >= 0.6 is 0 Å². The minimum Gasteiger partial charge on any atom is -0.490 e. The van der Waals surface area contributed by atoms with Crippen molar-refractivity contribution >= 4 is 17.3 Å². The fraction of sp³-hybridized carbons (Fsp3) is 0.440. The number of aryl methyl sites for hydroxylation is 1. The molecular formula is C25H33FN4O3. The zero-order chi connectivity index (χ0) is 24.0. The van der Waals surface area contributed by atoms with E-state index in [0.29, 0.717) is 25.3 Å². The van der Waals surface area contributed by atoms with E-state index in [-0.39, 0.29) is 29.8 Å². The molecule has 0 aromatic heterocycles. The van der Waals surface area contributed by atoms with E-state index in [9.17, 15) is 14.3 Å². The number of carbonyl (C=O) groups excluding carboxylic acids is 1. The summed E-state index contributed by atoms with van der Waals surface area (Å²) in [5.41, 5.74) is 5.91. The second-order valence-corrected chi connectivity index (χ2v) is 9.21. The zero-order valence-corrected chi connectivity index (χ0v) is 19.6. The molecule has 2 aromatic carbocycles. The van der Waals surface area contributed by atoms with E-state index in [0.717, 1.165) is 22.5 Å². The fourth-order valence-corrected chi connectivity index (χ4v) is 3.52. The predicted octanol–water partition coefficient (Wildman–Crippen LogP) is 3.21. The lowest BCUT2D eigenvalue weighted by molar-refractivity contribution is -0.121. The van der Waals surface area contributed by atoms with Crippen molar-refractivity contribution in [3.05, 3.63) is 59.4 Å². The third-order valence-corrected chi connectivity index (χ3v) is 5.57. The topological polar surface area (TPSA) is 95.0 Å². The number of rotatable bonds is 10. The smallest absolute Gasteiger partial charge is 0.240 e. The van der Waals surface area contributed by atoms with Crippen LogP contribution in [0.5, 0.6) is 5.75 Å². The molecule has 1 aliphatic rings. The average Bonchev–Trinajstić information content (AvgIpc) is 2.77. The van der Waals surface area contributed by atoms with Crippen molar-refractivity contribution in [3.8, 4) is 5.75 Å². The molecular weight excluding hydrogens is 423 g/mol. The van der Waals surface area contributed by atoms with Crippen LogP contribution in [0, 0.1) is 18.7 Å². The van der Waals surface area contributed by atoms with Crippen molar-refractivity contribution in [2.75, 3.05) is 25.0 Å². The first-order chi connectivity index (χ1) is 15.6. The highest BCUT2D eigenvalue weighted by Gasteiger charge is 2.22. The van der Waals surface area contributed by atoms with Crippen LogP contribution in [0.25, 0.3) is 0 Å². The highest BCUT2D eigenvalue weighted by molar-refractivity contribution is 6.05. The number of aliphatic hydroxyl groups is 1. The van der Waals surface area contributed by atoms with Gasteiger partial charge in [0.1, 0.15) is 24.3 Å². The maximum Gasteiger partial charge on any atom is 0.240 e. The largest absolute Gasteiger partial charge is 0.490 e. The number of ether oxygens (including phenoxy) is 1. The number of aliphatic hydroxyl groups excluding tert-OH is 1. The molecule has 0 unspecified atom stereocenters. The lowest BCUT2D eigenvalue weighted by atomic mass is 9.94. The maximum atomic E-state index is 13.4. The molecule has 7 nitrogen and oxygen atoms in total. The van der Waals surface area contributed by atoms with Crippen LogP contribution < -0.4 is 20.8 Å².